The summed E-state index contributed by atoms with van der Waals surface area (Å²) in [7, 11) is 0. The number of para-hydroxylation sites is 2. The Balaban J connectivity index is 1.04. The first-order valence-corrected chi connectivity index (χ1v) is 21.4. The van der Waals surface area contributed by atoms with Crippen molar-refractivity contribution in [2.45, 2.75) is 88.9 Å². The molecule has 6 aliphatic carbocycles. The van der Waals surface area contributed by atoms with Crippen molar-refractivity contribution in [3.63, 3.8) is 0 Å². The summed E-state index contributed by atoms with van der Waals surface area (Å²) in [5.74, 6) is 3.26. The molecule has 7 aromatic rings. The first-order valence-electron chi connectivity index (χ1n) is 21.4. The molecule has 4 saturated carbocycles. The molecule has 4 bridgehead atoms. The maximum atomic E-state index is 6.78. The smallest absolute Gasteiger partial charge is 0.159 e. The number of rotatable bonds is 4. The predicted octanol–water partition coefficient (Wildman–Crippen LogP) is 14.8. The Bertz CT molecular complexity index is 2700. The highest BCUT2D eigenvalue weighted by molar-refractivity contribution is 6.10. The number of fused-ring (bicyclic) bond motifs is 7. The summed E-state index contributed by atoms with van der Waals surface area (Å²) in [6, 6.07) is 48.7. The Hall–Kier alpha value is -5.08. The van der Waals surface area contributed by atoms with Gasteiger partial charge in [0.05, 0.1) is 5.69 Å². The number of hydrogen-bond donors (Lipinski definition) is 0. The minimum absolute atomic E-state index is 0.102. The summed E-state index contributed by atoms with van der Waals surface area (Å²) >= 11 is 0. The Morgan fingerprint density at radius 3 is 1.93 bits per heavy atom. The second-order valence-corrected chi connectivity index (χ2v) is 19.6. The number of anilines is 3. The largest absolute Gasteiger partial charge is 0.454 e. The van der Waals surface area contributed by atoms with Crippen molar-refractivity contribution in [2.75, 3.05) is 4.90 Å². The van der Waals surface area contributed by atoms with Gasteiger partial charge in [0, 0.05) is 27.6 Å². The lowest BCUT2D eigenvalue weighted by molar-refractivity contribution is -0.0399. The standard InChI is InChI=1S/C54H51NO/c1-52(2)24-25-53(3,4)48-31-36(18-23-46(48)52)35-16-19-39(20-17-35)55(49-14-9-12-44-43-11-6-8-15-50(43)56-51(44)49)40-21-22-42-41-10-5-7-13-45(41)54(47(42)32-40)37-27-33-26-34(29-37)30-38(54)28-33/h5-23,31-34,37-38H,24-30H2,1-4H3. The molecule has 0 saturated heterocycles. The molecule has 0 radical (unpaired) electrons. The zero-order valence-electron chi connectivity index (χ0n) is 33.2. The first-order chi connectivity index (χ1) is 27.2. The molecule has 0 atom stereocenters. The average molecular weight is 730 g/mol. The van der Waals surface area contributed by atoms with Crippen LogP contribution in [0.1, 0.15) is 94.9 Å². The quantitative estimate of drug-likeness (QED) is 0.179. The molecule has 0 N–H and O–H groups in total. The van der Waals surface area contributed by atoms with Crippen molar-refractivity contribution in [3.05, 3.63) is 150 Å². The van der Waals surface area contributed by atoms with Crippen LogP contribution in [0.3, 0.4) is 0 Å². The van der Waals surface area contributed by atoms with Gasteiger partial charge in [0.15, 0.2) is 5.58 Å². The van der Waals surface area contributed by atoms with Gasteiger partial charge in [0.2, 0.25) is 0 Å². The van der Waals surface area contributed by atoms with E-state index in [4.69, 9.17) is 4.42 Å². The highest BCUT2D eigenvalue weighted by Crippen LogP contribution is 2.69. The van der Waals surface area contributed by atoms with Crippen LogP contribution in [0, 0.1) is 23.7 Å². The van der Waals surface area contributed by atoms with Gasteiger partial charge < -0.3 is 9.32 Å². The van der Waals surface area contributed by atoms with E-state index < -0.39 is 0 Å². The Labute approximate surface area is 331 Å². The van der Waals surface area contributed by atoms with Gasteiger partial charge in [-0.2, -0.15) is 0 Å². The van der Waals surface area contributed by atoms with Crippen LogP contribution < -0.4 is 4.90 Å². The summed E-state index contributed by atoms with van der Waals surface area (Å²) in [5, 5.41) is 2.32. The Morgan fingerprint density at radius 1 is 0.500 bits per heavy atom. The van der Waals surface area contributed by atoms with Crippen LogP contribution in [0.25, 0.3) is 44.2 Å². The molecule has 278 valence electrons. The summed E-state index contributed by atoms with van der Waals surface area (Å²) in [6.45, 7) is 9.67. The van der Waals surface area contributed by atoms with E-state index in [2.05, 4.69) is 160 Å². The molecule has 0 unspecified atom stereocenters. The molecule has 0 aliphatic heterocycles. The van der Waals surface area contributed by atoms with Gasteiger partial charge in [-0.15, -0.1) is 0 Å². The topological polar surface area (TPSA) is 16.4 Å². The summed E-state index contributed by atoms with van der Waals surface area (Å²) in [5.41, 5.74) is 17.5. The van der Waals surface area contributed by atoms with Crippen molar-refractivity contribution in [1.82, 2.24) is 0 Å². The molecular weight excluding hydrogens is 679 g/mol. The molecule has 56 heavy (non-hydrogen) atoms. The fraction of sp³-hybridized carbons (Fsp3) is 0.333. The molecule has 1 heterocycles. The molecule has 6 aromatic carbocycles. The molecule has 4 fully saturated rings. The van der Waals surface area contributed by atoms with Gasteiger partial charge in [-0.25, -0.2) is 0 Å². The van der Waals surface area contributed by atoms with Crippen LogP contribution >= 0.6 is 0 Å². The van der Waals surface area contributed by atoms with Crippen molar-refractivity contribution < 1.29 is 4.42 Å². The summed E-state index contributed by atoms with van der Waals surface area (Å²) in [6.07, 6.45) is 9.43. The van der Waals surface area contributed by atoms with Crippen LogP contribution in [0.4, 0.5) is 17.1 Å². The minimum atomic E-state index is 0.102. The molecule has 1 spiro atoms. The van der Waals surface area contributed by atoms with Crippen LogP contribution in [0.2, 0.25) is 0 Å². The highest BCUT2D eigenvalue weighted by Gasteiger charge is 2.61. The van der Waals surface area contributed by atoms with E-state index >= 15 is 0 Å². The van der Waals surface area contributed by atoms with E-state index in [0.717, 1.165) is 57.0 Å². The van der Waals surface area contributed by atoms with Gasteiger partial charge in [0.1, 0.15) is 5.58 Å². The fourth-order valence-corrected chi connectivity index (χ4v) is 13.2. The second kappa shape index (κ2) is 11.5. The Morgan fingerprint density at radius 2 is 1.14 bits per heavy atom. The van der Waals surface area contributed by atoms with E-state index in [1.807, 2.05) is 0 Å². The molecule has 0 amide bonds. The highest BCUT2D eigenvalue weighted by atomic mass is 16.3. The normalized spacial score (nSPS) is 26.1. The fourth-order valence-electron chi connectivity index (χ4n) is 13.2. The van der Waals surface area contributed by atoms with Gasteiger partial charge in [-0.05, 0) is 160 Å². The third-order valence-electron chi connectivity index (χ3n) is 15.7. The van der Waals surface area contributed by atoms with Crippen LogP contribution in [0.5, 0.6) is 0 Å². The lowest BCUT2D eigenvalue weighted by Gasteiger charge is -2.61. The van der Waals surface area contributed by atoms with E-state index in [9.17, 15) is 0 Å². The minimum Gasteiger partial charge on any atom is -0.454 e. The number of benzene rings is 6. The zero-order chi connectivity index (χ0) is 37.6. The van der Waals surface area contributed by atoms with Crippen LogP contribution in [-0.2, 0) is 16.2 Å². The molecule has 13 rings (SSSR count). The maximum Gasteiger partial charge on any atom is 0.159 e. The average Bonchev–Trinajstić information content (AvgIpc) is 3.73. The number of furan rings is 1. The Kier molecular flexibility index (Phi) is 6.80. The molecule has 2 nitrogen and oxygen atoms in total. The molecular formula is C54H51NO. The van der Waals surface area contributed by atoms with Gasteiger partial charge in [-0.3, -0.25) is 0 Å². The van der Waals surface area contributed by atoms with Crippen molar-refractivity contribution in [2.24, 2.45) is 23.7 Å². The molecule has 1 aromatic heterocycles. The number of hydrogen-bond acceptors (Lipinski definition) is 2. The summed E-state index contributed by atoms with van der Waals surface area (Å²) in [4.78, 5) is 2.49. The predicted molar refractivity (Wildman–Crippen MR) is 232 cm³/mol. The van der Waals surface area contributed by atoms with Crippen LogP contribution in [-0.4, -0.2) is 0 Å². The molecule has 2 heteroatoms. The zero-order valence-corrected chi connectivity index (χ0v) is 33.2. The van der Waals surface area contributed by atoms with Crippen molar-refractivity contribution >= 4 is 39.0 Å². The summed E-state index contributed by atoms with van der Waals surface area (Å²) < 4.78 is 6.78. The van der Waals surface area contributed by atoms with Gasteiger partial charge in [0.25, 0.3) is 0 Å². The van der Waals surface area contributed by atoms with Gasteiger partial charge >= 0.3 is 0 Å². The first kappa shape index (κ1) is 33.1. The third kappa shape index (κ3) is 4.50. The number of nitrogens with zero attached hydrogens (tertiary/aromatic N) is 1. The second-order valence-electron chi connectivity index (χ2n) is 19.6. The van der Waals surface area contributed by atoms with E-state index in [1.165, 1.54) is 84.0 Å². The lowest BCUT2D eigenvalue weighted by Crippen LogP contribution is -2.55. The van der Waals surface area contributed by atoms with Crippen LogP contribution in [0.15, 0.2) is 132 Å². The van der Waals surface area contributed by atoms with Gasteiger partial charge in [-0.1, -0.05) is 119 Å². The van der Waals surface area contributed by atoms with E-state index in [-0.39, 0.29) is 16.2 Å². The SMILES string of the molecule is CC1(C)CCC(C)(C)c2cc(-c3ccc(N(c4ccc5c(c4)C4(c6ccccc6-5)C5CC6CC(C5)CC4C6)c4cccc5c4oc4ccccc45)cc3)ccc21. The van der Waals surface area contributed by atoms with Crippen molar-refractivity contribution in [3.8, 4) is 22.3 Å². The molecule has 6 aliphatic rings. The third-order valence-corrected chi connectivity index (χ3v) is 15.7. The monoisotopic (exact) mass is 729 g/mol. The van der Waals surface area contributed by atoms with E-state index in [1.54, 1.807) is 11.1 Å². The maximum absolute atomic E-state index is 6.78. The lowest BCUT2D eigenvalue weighted by atomic mass is 9.43. The van der Waals surface area contributed by atoms with E-state index in [0.29, 0.717) is 0 Å². The van der Waals surface area contributed by atoms with Crippen molar-refractivity contribution in [1.29, 1.82) is 0 Å².